The van der Waals surface area contributed by atoms with Gasteiger partial charge in [0, 0.05) is 12.1 Å². The summed E-state index contributed by atoms with van der Waals surface area (Å²) in [5, 5.41) is 6.63. The summed E-state index contributed by atoms with van der Waals surface area (Å²) in [6, 6.07) is 9.36. The summed E-state index contributed by atoms with van der Waals surface area (Å²) in [7, 11) is 0. The highest BCUT2D eigenvalue weighted by Crippen LogP contribution is 2.48. The Hall–Kier alpha value is -3.20. The highest BCUT2D eigenvalue weighted by molar-refractivity contribution is 6.06. The number of imide groups is 1. The fourth-order valence-electron chi connectivity index (χ4n) is 4.97. The fraction of sp³-hybridized carbons (Fsp3) is 0.478. The second-order valence-corrected chi connectivity index (χ2v) is 8.48. The van der Waals surface area contributed by atoms with Crippen LogP contribution in [0.1, 0.15) is 31.4 Å². The van der Waals surface area contributed by atoms with E-state index in [1.54, 1.807) is 6.92 Å². The number of benzene rings is 1. The molecule has 1 aromatic carbocycles. The Morgan fingerprint density at radius 2 is 1.81 bits per heavy atom. The number of hydrogen-bond acceptors (Lipinski definition) is 7. The third kappa shape index (κ3) is 3.56. The Labute approximate surface area is 185 Å². The molecule has 9 nitrogen and oxygen atoms in total. The number of aryl methyl sites for hydroxylation is 1. The van der Waals surface area contributed by atoms with E-state index < -0.39 is 6.09 Å². The molecule has 5 rings (SSSR count). The van der Waals surface area contributed by atoms with Crippen LogP contribution < -0.4 is 5.32 Å². The van der Waals surface area contributed by atoms with E-state index in [9.17, 15) is 14.4 Å². The van der Waals surface area contributed by atoms with Gasteiger partial charge in [0.1, 0.15) is 11.4 Å². The molecule has 2 bridgehead atoms. The van der Waals surface area contributed by atoms with Crippen LogP contribution in [0, 0.1) is 18.8 Å². The summed E-state index contributed by atoms with van der Waals surface area (Å²) in [6.07, 6.45) is 2.03. The zero-order valence-electron chi connectivity index (χ0n) is 17.8. The molecule has 1 N–H and O–H groups in total. The van der Waals surface area contributed by atoms with Crippen LogP contribution in [0.15, 0.2) is 34.9 Å². The standard InChI is InChI=1S/C23H25N3O6/c1-13-19(20(32-25-13)14-7-3-2-4-8-14)24-23(29)30-12-6-5-11-26-21(27)17-15-9-10-16(31-15)18(17)22(26)28/h2-4,7-8,15-18H,5-6,9-12H2,1H3,(H,24,29). The van der Waals surface area contributed by atoms with Crippen molar-refractivity contribution < 1.29 is 28.4 Å². The van der Waals surface area contributed by atoms with Crippen LogP contribution in [0.25, 0.3) is 11.3 Å². The number of fused-ring (bicyclic) bond motifs is 5. The van der Waals surface area contributed by atoms with Gasteiger partial charge in [0.05, 0.1) is 30.7 Å². The summed E-state index contributed by atoms with van der Waals surface area (Å²) < 4.78 is 16.4. The number of hydrogen-bond donors (Lipinski definition) is 1. The normalized spacial score (nSPS) is 26.0. The SMILES string of the molecule is Cc1noc(-c2ccccc2)c1NC(=O)OCCCCN1C(=O)C2C3CCC(O3)C2C1=O. The fourth-order valence-corrected chi connectivity index (χ4v) is 4.97. The van der Waals surface area contributed by atoms with E-state index in [0.717, 1.165) is 18.4 Å². The van der Waals surface area contributed by atoms with Gasteiger partial charge in [-0.15, -0.1) is 0 Å². The maximum atomic E-state index is 12.6. The Morgan fingerprint density at radius 3 is 2.50 bits per heavy atom. The summed E-state index contributed by atoms with van der Waals surface area (Å²) in [5.74, 6) is -0.345. The van der Waals surface area contributed by atoms with Crippen LogP contribution in [-0.4, -0.2) is 53.3 Å². The molecule has 4 atom stereocenters. The first-order chi connectivity index (χ1) is 15.5. The van der Waals surface area contributed by atoms with E-state index in [1.807, 2.05) is 30.3 Å². The van der Waals surface area contributed by atoms with Crippen molar-refractivity contribution in [3.05, 3.63) is 36.0 Å². The van der Waals surface area contributed by atoms with Crippen LogP contribution in [0.3, 0.4) is 0 Å². The first-order valence-electron chi connectivity index (χ1n) is 11.0. The van der Waals surface area contributed by atoms with Gasteiger partial charge in [0.25, 0.3) is 0 Å². The van der Waals surface area contributed by atoms with Gasteiger partial charge in [-0.3, -0.25) is 19.8 Å². The smallest absolute Gasteiger partial charge is 0.411 e. The largest absolute Gasteiger partial charge is 0.449 e. The first kappa shape index (κ1) is 20.7. The first-order valence-corrected chi connectivity index (χ1v) is 11.0. The maximum absolute atomic E-state index is 12.6. The van der Waals surface area contributed by atoms with Gasteiger partial charge < -0.3 is 14.0 Å². The third-order valence-electron chi connectivity index (χ3n) is 6.51. The monoisotopic (exact) mass is 439 g/mol. The molecule has 3 saturated heterocycles. The van der Waals surface area contributed by atoms with Crippen molar-refractivity contribution >= 4 is 23.6 Å². The number of amides is 3. The number of rotatable bonds is 7. The molecule has 0 saturated carbocycles. The van der Waals surface area contributed by atoms with Gasteiger partial charge >= 0.3 is 6.09 Å². The van der Waals surface area contributed by atoms with E-state index in [1.165, 1.54) is 4.90 Å². The van der Waals surface area contributed by atoms with Crippen molar-refractivity contribution in [3.63, 3.8) is 0 Å². The quantitative estimate of drug-likeness (QED) is 0.521. The van der Waals surface area contributed by atoms with E-state index >= 15 is 0 Å². The molecule has 0 aliphatic carbocycles. The Balaban J connectivity index is 1.08. The molecule has 32 heavy (non-hydrogen) atoms. The van der Waals surface area contributed by atoms with E-state index in [0.29, 0.717) is 36.5 Å². The number of unbranched alkanes of at least 4 members (excludes halogenated alkanes) is 1. The number of ether oxygens (including phenoxy) is 2. The molecule has 0 radical (unpaired) electrons. The predicted octanol–water partition coefficient (Wildman–Crippen LogP) is 3.14. The molecule has 9 heteroatoms. The number of likely N-dealkylation sites (tertiary alicyclic amines) is 1. The lowest BCUT2D eigenvalue weighted by Gasteiger charge is -2.17. The Morgan fingerprint density at radius 1 is 1.12 bits per heavy atom. The zero-order chi connectivity index (χ0) is 22.2. The van der Waals surface area contributed by atoms with Crippen LogP contribution >= 0.6 is 0 Å². The molecule has 168 valence electrons. The zero-order valence-corrected chi connectivity index (χ0v) is 17.8. The second kappa shape index (κ2) is 8.38. The van der Waals surface area contributed by atoms with E-state index in [4.69, 9.17) is 14.0 Å². The minimum Gasteiger partial charge on any atom is -0.449 e. The number of carbonyl (C=O) groups is 3. The molecular weight excluding hydrogens is 414 g/mol. The molecular formula is C23H25N3O6. The van der Waals surface area contributed by atoms with Crippen molar-refractivity contribution in [2.45, 2.75) is 44.8 Å². The van der Waals surface area contributed by atoms with E-state index in [-0.39, 0.29) is 42.5 Å². The Bertz CT molecular complexity index is 1010. The molecule has 3 aliphatic rings. The molecule has 3 aliphatic heterocycles. The third-order valence-corrected chi connectivity index (χ3v) is 6.51. The number of nitrogens with zero attached hydrogens (tertiary/aromatic N) is 2. The summed E-state index contributed by atoms with van der Waals surface area (Å²) in [5.41, 5.74) is 1.82. The van der Waals surface area contributed by atoms with Crippen molar-refractivity contribution in [3.8, 4) is 11.3 Å². The summed E-state index contributed by atoms with van der Waals surface area (Å²) >= 11 is 0. The lowest BCUT2D eigenvalue weighted by Crippen LogP contribution is -2.35. The minimum atomic E-state index is -0.606. The molecule has 1 aromatic heterocycles. The highest BCUT2D eigenvalue weighted by Gasteiger charge is 2.62. The van der Waals surface area contributed by atoms with Crippen molar-refractivity contribution in [2.75, 3.05) is 18.5 Å². The van der Waals surface area contributed by atoms with Gasteiger partial charge in [-0.25, -0.2) is 4.79 Å². The predicted molar refractivity (Wildman–Crippen MR) is 112 cm³/mol. The number of anilines is 1. The van der Waals surface area contributed by atoms with Crippen LogP contribution in [-0.2, 0) is 19.1 Å². The molecule has 4 heterocycles. The highest BCUT2D eigenvalue weighted by atomic mass is 16.5. The van der Waals surface area contributed by atoms with Crippen molar-refractivity contribution in [1.29, 1.82) is 0 Å². The molecule has 3 fully saturated rings. The summed E-state index contributed by atoms with van der Waals surface area (Å²) in [6.45, 7) is 2.26. The van der Waals surface area contributed by atoms with Gasteiger partial charge in [-0.1, -0.05) is 35.5 Å². The van der Waals surface area contributed by atoms with Crippen LogP contribution in [0.2, 0.25) is 0 Å². The second-order valence-electron chi connectivity index (χ2n) is 8.48. The minimum absolute atomic E-state index is 0.0971. The molecule has 0 spiro atoms. The van der Waals surface area contributed by atoms with Crippen LogP contribution in [0.5, 0.6) is 0 Å². The van der Waals surface area contributed by atoms with Gasteiger partial charge in [-0.2, -0.15) is 0 Å². The van der Waals surface area contributed by atoms with Gasteiger partial charge in [-0.05, 0) is 32.6 Å². The van der Waals surface area contributed by atoms with Crippen LogP contribution in [0.4, 0.5) is 10.5 Å². The van der Waals surface area contributed by atoms with Crippen molar-refractivity contribution in [2.24, 2.45) is 11.8 Å². The lowest BCUT2D eigenvalue weighted by molar-refractivity contribution is -0.142. The van der Waals surface area contributed by atoms with Gasteiger partial charge in [0.15, 0.2) is 5.76 Å². The average molecular weight is 439 g/mol. The Kier molecular flexibility index (Phi) is 5.42. The molecule has 4 unspecified atom stereocenters. The summed E-state index contributed by atoms with van der Waals surface area (Å²) in [4.78, 5) is 38.9. The topological polar surface area (TPSA) is 111 Å². The lowest BCUT2D eigenvalue weighted by atomic mass is 9.81. The number of aromatic nitrogens is 1. The molecule has 2 aromatic rings. The van der Waals surface area contributed by atoms with Gasteiger partial charge in [0.2, 0.25) is 11.8 Å². The average Bonchev–Trinajstić information content (AvgIpc) is 3.55. The van der Waals surface area contributed by atoms with E-state index in [2.05, 4.69) is 10.5 Å². The number of nitrogens with one attached hydrogen (secondary N) is 1. The van der Waals surface area contributed by atoms with Crippen molar-refractivity contribution in [1.82, 2.24) is 10.1 Å². The maximum Gasteiger partial charge on any atom is 0.411 e. The number of carbonyl (C=O) groups excluding carboxylic acids is 3. The molecule has 3 amide bonds.